The fraction of sp³-hybridized carbons (Fsp3) is 0.320. The highest BCUT2D eigenvalue weighted by Gasteiger charge is 2.27. The second-order valence-corrected chi connectivity index (χ2v) is 11.0. The third kappa shape index (κ3) is 5.95. The van der Waals surface area contributed by atoms with E-state index in [0.717, 1.165) is 25.2 Å². The summed E-state index contributed by atoms with van der Waals surface area (Å²) in [6.45, 7) is 3.13. The maximum Gasteiger partial charge on any atom is 0.253 e. The molecule has 1 amide bonds. The number of carbonyl (C=O) groups is 1. The van der Waals surface area contributed by atoms with Crippen LogP contribution in [0.3, 0.4) is 0 Å². The second kappa shape index (κ2) is 10.4. The van der Waals surface area contributed by atoms with Crippen LogP contribution in [0.25, 0.3) is 0 Å². The number of nitrogens with one attached hydrogen (secondary N) is 2. The summed E-state index contributed by atoms with van der Waals surface area (Å²) in [5, 5.41) is 6.34. The van der Waals surface area contributed by atoms with Crippen LogP contribution in [0.1, 0.15) is 23.7 Å². The zero-order valence-corrected chi connectivity index (χ0v) is 20.9. The first-order valence-corrected chi connectivity index (χ1v) is 13.1. The minimum atomic E-state index is -3.30. The van der Waals surface area contributed by atoms with Crippen molar-refractivity contribution in [3.05, 3.63) is 66.5 Å². The zero-order chi connectivity index (χ0) is 25.0. The second-order valence-electron chi connectivity index (χ2n) is 8.70. The molecule has 10 heteroatoms. The molecule has 1 aliphatic heterocycles. The van der Waals surface area contributed by atoms with E-state index >= 15 is 0 Å². The van der Waals surface area contributed by atoms with Crippen LogP contribution in [0.15, 0.2) is 65.8 Å². The lowest BCUT2D eigenvalue weighted by Gasteiger charge is -2.20. The minimum absolute atomic E-state index is 0.0387. The molecule has 0 aliphatic carbocycles. The Hall–Kier alpha value is -3.50. The highest BCUT2D eigenvalue weighted by atomic mass is 32.2. The molecular formula is C25H30N6O3S. The molecule has 1 saturated heterocycles. The summed E-state index contributed by atoms with van der Waals surface area (Å²) in [5.41, 5.74) is 2.06. The summed E-state index contributed by atoms with van der Waals surface area (Å²) in [4.78, 5) is 25.6. The summed E-state index contributed by atoms with van der Waals surface area (Å²) < 4.78 is 24.3. The van der Waals surface area contributed by atoms with Crippen LogP contribution in [-0.2, 0) is 9.84 Å². The third-order valence-electron chi connectivity index (χ3n) is 6.10. The quantitative estimate of drug-likeness (QED) is 0.490. The molecule has 0 spiro atoms. The number of hydrogen-bond donors (Lipinski definition) is 2. The largest absolute Gasteiger partial charge is 0.340 e. The number of nitrogens with zero attached hydrogens (tertiary/aromatic N) is 4. The summed E-state index contributed by atoms with van der Waals surface area (Å²) in [7, 11) is 0.788. The predicted molar refractivity (Wildman–Crippen MR) is 137 cm³/mol. The average Bonchev–Trinajstić information content (AvgIpc) is 3.35. The first-order valence-electron chi connectivity index (χ1n) is 11.5. The topological polar surface area (TPSA) is 108 Å². The number of rotatable bonds is 8. The lowest BCUT2D eigenvalue weighted by atomic mass is 10.2. The number of sulfone groups is 1. The minimum Gasteiger partial charge on any atom is -0.340 e. The highest BCUT2D eigenvalue weighted by Crippen LogP contribution is 2.23. The molecule has 1 atom stereocenters. The molecule has 0 saturated carbocycles. The Balaban J connectivity index is 1.41. The van der Waals surface area contributed by atoms with Gasteiger partial charge in [-0.25, -0.2) is 18.4 Å². The monoisotopic (exact) mass is 494 g/mol. The molecule has 9 nitrogen and oxygen atoms in total. The summed E-state index contributed by atoms with van der Waals surface area (Å²) in [6.07, 6.45) is 2.41. The van der Waals surface area contributed by atoms with E-state index in [4.69, 9.17) is 0 Å². The van der Waals surface area contributed by atoms with E-state index in [1.54, 1.807) is 37.3 Å². The normalized spacial score (nSPS) is 15.9. The number of carbonyl (C=O) groups excluding carboxylic acids is 1. The van der Waals surface area contributed by atoms with Gasteiger partial charge in [0.15, 0.2) is 9.84 Å². The van der Waals surface area contributed by atoms with Crippen LogP contribution < -0.4 is 10.6 Å². The third-order valence-corrected chi connectivity index (χ3v) is 7.83. The van der Waals surface area contributed by atoms with Crippen molar-refractivity contribution in [2.24, 2.45) is 0 Å². The Morgan fingerprint density at radius 2 is 1.71 bits per heavy atom. The molecule has 0 radical (unpaired) electrons. The highest BCUT2D eigenvalue weighted by molar-refractivity contribution is 7.91. The average molecular weight is 495 g/mol. The molecule has 1 fully saturated rings. The molecular weight excluding hydrogens is 464 g/mol. The van der Waals surface area contributed by atoms with Crippen LogP contribution in [0.4, 0.5) is 23.0 Å². The van der Waals surface area contributed by atoms with Crippen molar-refractivity contribution >= 4 is 38.8 Å². The van der Waals surface area contributed by atoms with Gasteiger partial charge in [0.25, 0.3) is 5.91 Å². The molecule has 2 N–H and O–H groups in total. The van der Waals surface area contributed by atoms with Gasteiger partial charge in [-0.1, -0.05) is 13.0 Å². The smallest absolute Gasteiger partial charge is 0.253 e. The Kier molecular flexibility index (Phi) is 7.32. The van der Waals surface area contributed by atoms with E-state index in [-0.39, 0.29) is 16.6 Å². The number of hydrogen-bond acceptors (Lipinski definition) is 8. The number of likely N-dealkylation sites (tertiary alicyclic amines) is 1. The maximum atomic E-state index is 12.8. The fourth-order valence-electron chi connectivity index (χ4n) is 3.95. The summed E-state index contributed by atoms with van der Waals surface area (Å²) in [5.74, 6) is 1.16. The SMILES string of the molecule is CCS(=O)(=O)c1cccc(Nc2cc(Nc3ccc(C(=O)N4CC[C@@H](N(C)C)C4)cc3)ncn2)c1. The Labute approximate surface area is 206 Å². The lowest BCUT2D eigenvalue weighted by Crippen LogP contribution is -2.34. The van der Waals surface area contributed by atoms with Crippen molar-refractivity contribution in [2.75, 3.05) is 43.6 Å². The molecule has 0 unspecified atom stereocenters. The molecule has 1 aromatic heterocycles. The van der Waals surface area contributed by atoms with Gasteiger partial charge >= 0.3 is 0 Å². The summed E-state index contributed by atoms with van der Waals surface area (Å²) >= 11 is 0. The van der Waals surface area contributed by atoms with Gasteiger partial charge in [-0.05, 0) is 63.0 Å². The van der Waals surface area contributed by atoms with Crippen molar-refractivity contribution in [3.63, 3.8) is 0 Å². The standard InChI is InChI=1S/C25H30N6O3S/c1-4-35(33,34)22-7-5-6-20(14-22)29-24-15-23(26-17-27-24)28-19-10-8-18(9-11-19)25(32)31-13-12-21(16-31)30(2)3/h5-11,14-15,17,21H,4,12-13,16H2,1-3H3,(H2,26,27,28,29)/t21-/m1/s1. The van der Waals surface area contributed by atoms with Gasteiger partial charge in [-0.15, -0.1) is 0 Å². The summed E-state index contributed by atoms with van der Waals surface area (Å²) in [6, 6.07) is 16.1. The van der Waals surface area contributed by atoms with Gasteiger partial charge in [0.05, 0.1) is 10.6 Å². The Morgan fingerprint density at radius 3 is 2.34 bits per heavy atom. The maximum absolute atomic E-state index is 12.8. The number of anilines is 4. The molecule has 3 aromatic rings. The van der Waals surface area contributed by atoms with E-state index in [9.17, 15) is 13.2 Å². The van der Waals surface area contributed by atoms with E-state index in [1.165, 1.54) is 6.33 Å². The molecule has 2 aromatic carbocycles. The molecule has 4 rings (SSSR count). The van der Waals surface area contributed by atoms with Crippen molar-refractivity contribution in [2.45, 2.75) is 24.3 Å². The van der Waals surface area contributed by atoms with Gasteiger partial charge in [0, 0.05) is 42.1 Å². The van der Waals surface area contributed by atoms with Gasteiger partial charge in [-0.2, -0.15) is 0 Å². The van der Waals surface area contributed by atoms with Crippen molar-refractivity contribution in [1.82, 2.24) is 19.8 Å². The van der Waals surface area contributed by atoms with Crippen molar-refractivity contribution < 1.29 is 13.2 Å². The number of likely N-dealkylation sites (N-methyl/N-ethyl adjacent to an activating group) is 1. The van der Waals surface area contributed by atoms with E-state index in [0.29, 0.717) is 28.9 Å². The van der Waals surface area contributed by atoms with E-state index in [1.807, 2.05) is 43.3 Å². The van der Waals surface area contributed by atoms with Crippen LogP contribution in [-0.4, -0.2) is 73.1 Å². The Bertz CT molecular complexity index is 1290. The van der Waals surface area contributed by atoms with Gasteiger partial charge in [0.1, 0.15) is 18.0 Å². The van der Waals surface area contributed by atoms with E-state index < -0.39 is 9.84 Å². The van der Waals surface area contributed by atoms with Crippen LogP contribution in [0.5, 0.6) is 0 Å². The predicted octanol–water partition coefficient (Wildman–Crippen LogP) is 3.53. The van der Waals surface area contributed by atoms with E-state index in [2.05, 4.69) is 25.5 Å². The fourth-order valence-corrected chi connectivity index (χ4v) is 4.88. The van der Waals surface area contributed by atoms with Gasteiger partial charge in [0.2, 0.25) is 0 Å². The number of benzene rings is 2. The number of amides is 1. The number of aromatic nitrogens is 2. The van der Waals surface area contributed by atoms with Gasteiger partial charge in [-0.3, -0.25) is 4.79 Å². The molecule has 0 bridgehead atoms. The van der Waals surface area contributed by atoms with Crippen LogP contribution in [0, 0.1) is 0 Å². The first-order chi connectivity index (χ1) is 16.7. The van der Waals surface area contributed by atoms with Crippen LogP contribution >= 0.6 is 0 Å². The zero-order valence-electron chi connectivity index (χ0n) is 20.1. The van der Waals surface area contributed by atoms with Gasteiger partial charge < -0.3 is 20.4 Å². The lowest BCUT2D eigenvalue weighted by molar-refractivity contribution is 0.0783. The van der Waals surface area contributed by atoms with Crippen LogP contribution in [0.2, 0.25) is 0 Å². The van der Waals surface area contributed by atoms with Crippen molar-refractivity contribution in [3.8, 4) is 0 Å². The molecule has 184 valence electrons. The molecule has 35 heavy (non-hydrogen) atoms. The van der Waals surface area contributed by atoms with Crippen molar-refractivity contribution in [1.29, 1.82) is 0 Å². The Morgan fingerprint density at radius 1 is 1.03 bits per heavy atom. The first kappa shape index (κ1) is 24.6. The molecule has 1 aliphatic rings. The molecule has 2 heterocycles.